The first-order valence-corrected chi connectivity index (χ1v) is 6.16. The Balaban J connectivity index is 0.00000137. The van der Waals surface area contributed by atoms with Crippen molar-refractivity contribution >= 4 is 6.21 Å². The highest BCUT2D eigenvalue weighted by Crippen LogP contribution is 2.00. The van der Waals surface area contributed by atoms with Crippen molar-refractivity contribution in [1.29, 1.82) is 0 Å². The Morgan fingerprint density at radius 3 is 2.33 bits per heavy atom. The maximum Gasteiger partial charge on any atom is 0.0713 e. The molecule has 18 heavy (non-hydrogen) atoms. The van der Waals surface area contributed by atoms with Crippen LogP contribution in [0.5, 0.6) is 0 Å². The fourth-order valence-electron chi connectivity index (χ4n) is 1.14. The van der Waals surface area contributed by atoms with Gasteiger partial charge in [0.2, 0.25) is 0 Å². The van der Waals surface area contributed by atoms with Gasteiger partial charge in [-0.1, -0.05) is 49.8 Å². The van der Waals surface area contributed by atoms with Gasteiger partial charge in [0.15, 0.2) is 0 Å². The van der Waals surface area contributed by atoms with Crippen molar-refractivity contribution in [3.05, 3.63) is 59.4 Å². The van der Waals surface area contributed by atoms with Crippen LogP contribution in [-0.4, -0.2) is 6.21 Å². The molecule has 0 amide bonds. The van der Waals surface area contributed by atoms with Gasteiger partial charge in [0.1, 0.15) is 0 Å². The van der Waals surface area contributed by atoms with E-state index in [9.17, 15) is 0 Å². The predicted molar refractivity (Wildman–Crippen MR) is 80.3 cm³/mol. The molecule has 98 valence electrons. The van der Waals surface area contributed by atoms with E-state index in [1.165, 1.54) is 11.8 Å². The molecule has 1 aromatic rings. The molecule has 0 aromatic heterocycles. The third-order valence-electron chi connectivity index (χ3n) is 2.01. The standard InChI is InChI=1S/C13H17N3.C2H6/c1-3-4-13(9-14)16-15-10-12-7-5-11(2)6-8-12;1-2/h3-10,16H,14H2,1-2H3;1-2H3/b4-3-,13-9+,15-10?;. The van der Waals surface area contributed by atoms with Gasteiger partial charge in [-0.05, 0) is 25.5 Å². The van der Waals surface area contributed by atoms with Crippen LogP contribution >= 0.6 is 0 Å². The summed E-state index contributed by atoms with van der Waals surface area (Å²) in [6.07, 6.45) is 6.98. The van der Waals surface area contributed by atoms with E-state index in [1.54, 1.807) is 6.21 Å². The Morgan fingerprint density at radius 1 is 1.22 bits per heavy atom. The van der Waals surface area contributed by atoms with Gasteiger partial charge >= 0.3 is 0 Å². The first-order valence-electron chi connectivity index (χ1n) is 6.16. The van der Waals surface area contributed by atoms with Gasteiger partial charge < -0.3 is 5.73 Å². The summed E-state index contributed by atoms with van der Waals surface area (Å²) in [6, 6.07) is 8.13. The molecule has 3 heteroatoms. The van der Waals surface area contributed by atoms with Gasteiger partial charge in [0.05, 0.1) is 11.9 Å². The lowest BCUT2D eigenvalue weighted by molar-refractivity contribution is 0.918. The number of nitrogens with one attached hydrogen (secondary N) is 1. The van der Waals surface area contributed by atoms with E-state index in [2.05, 4.69) is 17.5 Å². The summed E-state index contributed by atoms with van der Waals surface area (Å²) in [6.45, 7) is 7.98. The highest BCUT2D eigenvalue weighted by atomic mass is 15.3. The van der Waals surface area contributed by atoms with Crippen LogP contribution in [0.4, 0.5) is 0 Å². The van der Waals surface area contributed by atoms with Crippen LogP contribution < -0.4 is 11.2 Å². The quantitative estimate of drug-likeness (QED) is 0.485. The number of nitrogens with zero attached hydrogens (tertiary/aromatic N) is 1. The number of aryl methyl sites for hydroxylation is 1. The largest absolute Gasteiger partial charge is 0.403 e. The number of hydrogen-bond acceptors (Lipinski definition) is 3. The van der Waals surface area contributed by atoms with Crippen LogP contribution in [-0.2, 0) is 0 Å². The summed E-state index contributed by atoms with van der Waals surface area (Å²) in [5.41, 5.74) is 11.3. The molecular weight excluding hydrogens is 222 g/mol. The number of rotatable bonds is 4. The number of allylic oxidation sites excluding steroid dienone is 2. The summed E-state index contributed by atoms with van der Waals surface area (Å²) < 4.78 is 0. The zero-order chi connectivity index (χ0) is 13.8. The topological polar surface area (TPSA) is 50.4 Å². The Bertz CT molecular complexity index is 400. The second-order valence-electron chi connectivity index (χ2n) is 3.40. The van der Waals surface area contributed by atoms with Crippen molar-refractivity contribution in [2.24, 2.45) is 10.8 Å². The molecule has 0 fully saturated rings. The number of hydrazone groups is 1. The van der Waals surface area contributed by atoms with E-state index in [0.29, 0.717) is 0 Å². The number of hydrogen-bond donors (Lipinski definition) is 2. The van der Waals surface area contributed by atoms with E-state index < -0.39 is 0 Å². The zero-order valence-electron chi connectivity index (χ0n) is 11.6. The molecule has 0 atom stereocenters. The van der Waals surface area contributed by atoms with Crippen molar-refractivity contribution in [2.75, 3.05) is 0 Å². The molecule has 0 aliphatic heterocycles. The Kier molecular flexibility index (Phi) is 9.00. The van der Waals surface area contributed by atoms with E-state index >= 15 is 0 Å². The highest BCUT2D eigenvalue weighted by Gasteiger charge is 1.88. The second kappa shape index (κ2) is 10.1. The normalized spacial score (nSPS) is 11.4. The molecule has 3 nitrogen and oxygen atoms in total. The lowest BCUT2D eigenvalue weighted by Crippen LogP contribution is -2.05. The first kappa shape index (κ1) is 16.0. The molecule has 0 unspecified atom stereocenters. The Morgan fingerprint density at radius 2 is 1.83 bits per heavy atom. The van der Waals surface area contributed by atoms with Gasteiger partial charge in [0, 0.05) is 6.20 Å². The third kappa shape index (κ3) is 6.53. The van der Waals surface area contributed by atoms with Crippen LogP contribution in [0.3, 0.4) is 0 Å². The molecule has 0 saturated heterocycles. The van der Waals surface area contributed by atoms with Gasteiger partial charge in [-0.25, -0.2) is 0 Å². The summed E-state index contributed by atoms with van der Waals surface area (Å²) in [7, 11) is 0. The van der Waals surface area contributed by atoms with E-state index in [-0.39, 0.29) is 0 Å². The fraction of sp³-hybridized carbons (Fsp3) is 0.267. The molecule has 1 rings (SSSR count). The molecule has 1 aromatic carbocycles. The molecule has 0 bridgehead atoms. The minimum Gasteiger partial charge on any atom is -0.403 e. The molecule has 0 aliphatic carbocycles. The minimum absolute atomic E-state index is 0.769. The fourth-order valence-corrected chi connectivity index (χ4v) is 1.14. The van der Waals surface area contributed by atoms with Crippen LogP contribution in [0.25, 0.3) is 0 Å². The van der Waals surface area contributed by atoms with Gasteiger partial charge in [0.25, 0.3) is 0 Å². The van der Waals surface area contributed by atoms with Crippen molar-refractivity contribution in [3.63, 3.8) is 0 Å². The van der Waals surface area contributed by atoms with Crippen LogP contribution in [0.2, 0.25) is 0 Å². The lowest BCUT2D eigenvalue weighted by atomic mass is 10.2. The summed E-state index contributed by atoms with van der Waals surface area (Å²) in [5.74, 6) is 0. The van der Waals surface area contributed by atoms with Gasteiger partial charge in [-0.3, -0.25) is 5.43 Å². The Hall–Kier alpha value is -2.03. The SMILES string of the molecule is C/C=C\C(=C/N)NN=Cc1ccc(C)cc1.CC. The average molecular weight is 245 g/mol. The van der Waals surface area contributed by atoms with E-state index in [4.69, 9.17) is 5.73 Å². The maximum atomic E-state index is 5.41. The summed E-state index contributed by atoms with van der Waals surface area (Å²) >= 11 is 0. The van der Waals surface area contributed by atoms with E-state index in [1.807, 2.05) is 57.2 Å². The minimum atomic E-state index is 0.769. The smallest absolute Gasteiger partial charge is 0.0713 e. The van der Waals surface area contributed by atoms with Gasteiger partial charge in [-0.2, -0.15) is 5.10 Å². The molecular formula is C15H23N3. The first-order chi connectivity index (χ1) is 8.76. The predicted octanol–water partition coefficient (Wildman–Crippen LogP) is 3.32. The van der Waals surface area contributed by atoms with Crippen LogP contribution in [0, 0.1) is 6.92 Å². The van der Waals surface area contributed by atoms with Crippen molar-refractivity contribution in [1.82, 2.24) is 5.43 Å². The van der Waals surface area contributed by atoms with Crippen LogP contribution in [0.15, 0.2) is 53.4 Å². The maximum absolute atomic E-state index is 5.41. The third-order valence-corrected chi connectivity index (χ3v) is 2.01. The van der Waals surface area contributed by atoms with Crippen molar-refractivity contribution in [2.45, 2.75) is 27.7 Å². The second-order valence-corrected chi connectivity index (χ2v) is 3.40. The zero-order valence-corrected chi connectivity index (χ0v) is 11.6. The molecule has 0 radical (unpaired) electrons. The lowest BCUT2D eigenvalue weighted by Gasteiger charge is -1.99. The van der Waals surface area contributed by atoms with Crippen molar-refractivity contribution < 1.29 is 0 Å². The summed E-state index contributed by atoms with van der Waals surface area (Å²) in [5, 5.41) is 4.09. The monoisotopic (exact) mass is 245 g/mol. The highest BCUT2D eigenvalue weighted by molar-refractivity contribution is 5.79. The molecule has 0 spiro atoms. The molecule has 0 aliphatic rings. The van der Waals surface area contributed by atoms with Crippen molar-refractivity contribution in [3.8, 4) is 0 Å². The molecule has 3 N–H and O–H groups in total. The Labute approximate surface area is 110 Å². The van der Waals surface area contributed by atoms with Gasteiger partial charge in [-0.15, -0.1) is 0 Å². The molecule has 0 saturated carbocycles. The van der Waals surface area contributed by atoms with Crippen LogP contribution in [0.1, 0.15) is 31.9 Å². The average Bonchev–Trinajstić information content (AvgIpc) is 2.42. The summed E-state index contributed by atoms with van der Waals surface area (Å²) in [4.78, 5) is 0. The number of benzene rings is 1. The number of nitrogens with two attached hydrogens (primary N) is 1. The molecule has 0 heterocycles. The van der Waals surface area contributed by atoms with E-state index in [0.717, 1.165) is 11.3 Å².